The summed E-state index contributed by atoms with van der Waals surface area (Å²) in [6, 6.07) is 9.96. The molecule has 112 valence electrons. The van der Waals surface area contributed by atoms with Crippen molar-refractivity contribution in [3.8, 4) is 0 Å². The third-order valence-electron chi connectivity index (χ3n) is 3.03. The lowest BCUT2D eigenvalue weighted by molar-refractivity contribution is 0.740. The number of hydrogen-bond donors (Lipinski definition) is 2. The molecule has 0 radical (unpaired) electrons. The summed E-state index contributed by atoms with van der Waals surface area (Å²) in [6.45, 7) is 5.09. The van der Waals surface area contributed by atoms with Crippen LogP contribution in [0.3, 0.4) is 0 Å². The maximum Gasteiger partial charge on any atom is 0.224 e. The minimum Gasteiger partial charge on any atom is -0.354 e. The molecule has 1 aromatic heterocycles. The van der Waals surface area contributed by atoms with Crippen LogP contribution < -0.4 is 10.6 Å². The van der Waals surface area contributed by atoms with Gasteiger partial charge in [0.15, 0.2) is 0 Å². The van der Waals surface area contributed by atoms with Gasteiger partial charge in [-0.3, -0.25) is 0 Å². The maximum absolute atomic E-state index is 4.50. The Morgan fingerprint density at radius 1 is 1.10 bits per heavy atom. The van der Waals surface area contributed by atoms with Gasteiger partial charge in [0.05, 0.1) is 0 Å². The van der Waals surface area contributed by atoms with E-state index in [1.807, 2.05) is 37.3 Å². The lowest BCUT2D eigenvalue weighted by Gasteiger charge is -2.10. The van der Waals surface area contributed by atoms with Crippen LogP contribution in [0.4, 0.5) is 17.5 Å². The highest BCUT2D eigenvalue weighted by atomic mass is 79.9. The zero-order valence-electron chi connectivity index (χ0n) is 12.5. The molecule has 0 aliphatic rings. The van der Waals surface area contributed by atoms with E-state index in [0.29, 0.717) is 5.95 Å². The summed E-state index contributed by atoms with van der Waals surface area (Å²) in [6.07, 6.45) is 3.58. The van der Waals surface area contributed by atoms with Crippen LogP contribution in [-0.2, 0) is 0 Å². The summed E-state index contributed by atoms with van der Waals surface area (Å²) in [5, 5.41) is 6.59. The Balaban J connectivity index is 2.02. The largest absolute Gasteiger partial charge is 0.354 e. The minimum absolute atomic E-state index is 0.686. The van der Waals surface area contributed by atoms with Gasteiger partial charge in [-0.05, 0) is 37.6 Å². The lowest BCUT2D eigenvalue weighted by atomic mass is 10.2. The number of nitrogens with zero attached hydrogens (tertiary/aromatic N) is 2. The Hall–Kier alpha value is -1.62. The minimum atomic E-state index is 0.686. The molecule has 0 unspecified atom stereocenters. The van der Waals surface area contributed by atoms with Crippen LogP contribution >= 0.6 is 15.9 Å². The number of hydrogen-bond acceptors (Lipinski definition) is 4. The van der Waals surface area contributed by atoms with E-state index >= 15 is 0 Å². The summed E-state index contributed by atoms with van der Waals surface area (Å²) >= 11 is 3.43. The van der Waals surface area contributed by atoms with Crippen LogP contribution in [0.25, 0.3) is 0 Å². The van der Waals surface area contributed by atoms with Crippen molar-refractivity contribution in [2.75, 3.05) is 17.2 Å². The summed E-state index contributed by atoms with van der Waals surface area (Å²) in [4.78, 5) is 8.92. The van der Waals surface area contributed by atoms with Crippen LogP contribution in [0.15, 0.2) is 34.8 Å². The molecule has 1 aromatic carbocycles. The second-order valence-electron chi connectivity index (χ2n) is 4.98. The van der Waals surface area contributed by atoms with Crippen molar-refractivity contribution < 1.29 is 0 Å². The number of halogens is 1. The molecule has 0 aliphatic heterocycles. The van der Waals surface area contributed by atoms with E-state index in [1.165, 1.54) is 12.8 Å². The summed E-state index contributed by atoms with van der Waals surface area (Å²) < 4.78 is 1.06. The van der Waals surface area contributed by atoms with Crippen molar-refractivity contribution in [1.29, 1.82) is 0 Å². The monoisotopic (exact) mass is 348 g/mol. The number of rotatable bonds is 7. The SMILES string of the molecule is CCCCCNc1nc(C)cc(Nc2ccc(Br)cc2)n1. The smallest absolute Gasteiger partial charge is 0.224 e. The van der Waals surface area contributed by atoms with Crippen molar-refractivity contribution in [1.82, 2.24) is 9.97 Å². The second kappa shape index (κ2) is 7.98. The average Bonchev–Trinajstić information content (AvgIpc) is 2.46. The first kappa shape index (κ1) is 15.8. The molecule has 2 aromatic rings. The Kier molecular flexibility index (Phi) is 5.99. The van der Waals surface area contributed by atoms with Gasteiger partial charge in [0.25, 0.3) is 0 Å². The zero-order chi connectivity index (χ0) is 15.1. The third-order valence-corrected chi connectivity index (χ3v) is 3.56. The van der Waals surface area contributed by atoms with Crippen molar-refractivity contribution in [3.63, 3.8) is 0 Å². The van der Waals surface area contributed by atoms with E-state index in [-0.39, 0.29) is 0 Å². The number of aryl methyl sites for hydroxylation is 1. The van der Waals surface area contributed by atoms with E-state index in [0.717, 1.165) is 34.6 Å². The first-order valence-electron chi connectivity index (χ1n) is 7.29. The molecule has 0 bridgehead atoms. The van der Waals surface area contributed by atoms with Crippen molar-refractivity contribution in [2.45, 2.75) is 33.1 Å². The second-order valence-corrected chi connectivity index (χ2v) is 5.90. The van der Waals surface area contributed by atoms with Gasteiger partial charge in [0.2, 0.25) is 5.95 Å². The molecule has 4 nitrogen and oxygen atoms in total. The fourth-order valence-electron chi connectivity index (χ4n) is 1.97. The van der Waals surface area contributed by atoms with Crippen LogP contribution in [0.1, 0.15) is 31.9 Å². The van der Waals surface area contributed by atoms with Gasteiger partial charge in [-0.1, -0.05) is 35.7 Å². The third kappa shape index (κ3) is 5.34. The number of unbranched alkanes of at least 4 members (excludes halogenated alkanes) is 2. The van der Waals surface area contributed by atoms with Gasteiger partial charge in [-0.15, -0.1) is 0 Å². The van der Waals surface area contributed by atoms with Gasteiger partial charge < -0.3 is 10.6 Å². The molecule has 21 heavy (non-hydrogen) atoms. The Morgan fingerprint density at radius 3 is 2.57 bits per heavy atom. The summed E-state index contributed by atoms with van der Waals surface area (Å²) in [7, 11) is 0. The van der Waals surface area contributed by atoms with Crippen molar-refractivity contribution in [2.24, 2.45) is 0 Å². The normalized spacial score (nSPS) is 10.4. The number of nitrogens with one attached hydrogen (secondary N) is 2. The van der Waals surface area contributed by atoms with Gasteiger partial charge >= 0.3 is 0 Å². The van der Waals surface area contributed by atoms with Gasteiger partial charge in [0.1, 0.15) is 5.82 Å². The highest BCUT2D eigenvalue weighted by Gasteiger charge is 2.02. The number of aromatic nitrogens is 2. The average molecular weight is 349 g/mol. The molecule has 1 heterocycles. The van der Waals surface area contributed by atoms with Gasteiger partial charge in [0, 0.05) is 28.5 Å². The number of benzene rings is 1. The highest BCUT2D eigenvalue weighted by Crippen LogP contribution is 2.19. The van der Waals surface area contributed by atoms with Crippen LogP contribution in [0, 0.1) is 6.92 Å². The van der Waals surface area contributed by atoms with E-state index < -0.39 is 0 Å². The summed E-state index contributed by atoms with van der Waals surface area (Å²) in [5.74, 6) is 1.49. The molecule has 0 fully saturated rings. The van der Waals surface area contributed by atoms with E-state index in [9.17, 15) is 0 Å². The number of anilines is 3. The standard InChI is InChI=1S/C16H21BrN4/c1-3-4-5-10-18-16-19-12(2)11-15(21-16)20-14-8-6-13(17)7-9-14/h6-9,11H,3-5,10H2,1-2H3,(H2,18,19,20,21). The van der Waals surface area contributed by atoms with Crippen molar-refractivity contribution >= 4 is 33.4 Å². The fourth-order valence-corrected chi connectivity index (χ4v) is 2.23. The highest BCUT2D eigenvalue weighted by molar-refractivity contribution is 9.10. The fraction of sp³-hybridized carbons (Fsp3) is 0.375. The first-order chi connectivity index (χ1) is 10.2. The summed E-state index contributed by atoms with van der Waals surface area (Å²) in [5.41, 5.74) is 1.95. The molecular formula is C16H21BrN4. The molecule has 5 heteroatoms. The molecule has 0 atom stereocenters. The predicted octanol–water partition coefficient (Wildman–Crippen LogP) is 4.89. The molecule has 0 saturated carbocycles. The van der Waals surface area contributed by atoms with Crippen LogP contribution in [-0.4, -0.2) is 16.5 Å². The Morgan fingerprint density at radius 2 is 1.86 bits per heavy atom. The Labute approximate surface area is 134 Å². The topological polar surface area (TPSA) is 49.8 Å². The quantitative estimate of drug-likeness (QED) is 0.699. The molecule has 0 saturated heterocycles. The van der Waals surface area contributed by atoms with E-state index in [4.69, 9.17) is 0 Å². The van der Waals surface area contributed by atoms with Crippen LogP contribution in [0.5, 0.6) is 0 Å². The van der Waals surface area contributed by atoms with Crippen LogP contribution in [0.2, 0.25) is 0 Å². The molecule has 0 spiro atoms. The van der Waals surface area contributed by atoms with Crippen molar-refractivity contribution in [3.05, 3.63) is 40.5 Å². The molecule has 0 aliphatic carbocycles. The lowest BCUT2D eigenvalue weighted by Crippen LogP contribution is -2.07. The van der Waals surface area contributed by atoms with E-state index in [2.05, 4.69) is 43.5 Å². The molecule has 2 rings (SSSR count). The molecular weight excluding hydrogens is 328 g/mol. The first-order valence-corrected chi connectivity index (χ1v) is 8.09. The van der Waals surface area contributed by atoms with Gasteiger partial charge in [-0.2, -0.15) is 4.98 Å². The zero-order valence-corrected chi connectivity index (χ0v) is 14.1. The molecule has 2 N–H and O–H groups in total. The van der Waals surface area contributed by atoms with Gasteiger partial charge in [-0.25, -0.2) is 4.98 Å². The Bertz CT molecular complexity index is 569. The predicted molar refractivity (Wildman–Crippen MR) is 92.2 cm³/mol. The van der Waals surface area contributed by atoms with E-state index in [1.54, 1.807) is 0 Å². The maximum atomic E-state index is 4.50. The molecule has 0 amide bonds.